The molecule has 26 heavy (non-hydrogen) atoms. The highest BCUT2D eigenvalue weighted by Gasteiger charge is 2.12. The smallest absolute Gasteiger partial charge is 0.191 e. The fourth-order valence-electron chi connectivity index (χ4n) is 2.56. The highest BCUT2D eigenvalue weighted by Crippen LogP contribution is 2.24. The van der Waals surface area contributed by atoms with Crippen LogP contribution in [0, 0.1) is 6.92 Å². The SMILES string of the molecule is CCn1c(SCCOc2ccc(OC)cc2)nnc1-c1ccc(C)cc1. The summed E-state index contributed by atoms with van der Waals surface area (Å²) in [5, 5.41) is 9.66. The molecule has 1 heterocycles. The number of hydrogen-bond donors (Lipinski definition) is 0. The van der Waals surface area contributed by atoms with Gasteiger partial charge < -0.3 is 14.0 Å². The van der Waals surface area contributed by atoms with Crippen molar-refractivity contribution in [3.05, 3.63) is 54.1 Å². The molecular formula is C20H23N3O2S. The van der Waals surface area contributed by atoms with E-state index in [-0.39, 0.29) is 0 Å². The Morgan fingerprint density at radius 2 is 1.65 bits per heavy atom. The molecule has 6 heteroatoms. The minimum absolute atomic E-state index is 0.605. The average molecular weight is 369 g/mol. The molecule has 136 valence electrons. The largest absolute Gasteiger partial charge is 0.497 e. The molecule has 0 saturated heterocycles. The number of benzene rings is 2. The molecule has 0 aliphatic rings. The first kappa shape index (κ1) is 18.3. The van der Waals surface area contributed by atoms with Gasteiger partial charge in [0.1, 0.15) is 11.5 Å². The normalized spacial score (nSPS) is 10.7. The number of aryl methyl sites for hydroxylation is 1. The van der Waals surface area contributed by atoms with Crippen LogP contribution >= 0.6 is 11.8 Å². The number of nitrogens with zero attached hydrogens (tertiary/aromatic N) is 3. The van der Waals surface area contributed by atoms with Crippen molar-refractivity contribution in [2.45, 2.75) is 25.5 Å². The third kappa shape index (κ3) is 4.38. The van der Waals surface area contributed by atoms with Gasteiger partial charge >= 0.3 is 0 Å². The fourth-order valence-corrected chi connectivity index (χ4v) is 3.38. The van der Waals surface area contributed by atoms with Gasteiger partial charge in [0.25, 0.3) is 0 Å². The van der Waals surface area contributed by atoms with E-state index in [9.17, 15) is 0 Å². The zero-order valence-corrected chi connectivity index (χ0v) is 16.1. The summed E-state index contributed by atoms with van der Waals surface area (Å²) < 4.78 is 13.1. The summed E-state index contributed by atoms with van der Waals surface area (Å²) in [5.41, 5.74) is 2.33. The maximum absolute atomic E-state index is 5.77. The van der Waals surface area contributed by atoms with E-state index in [1.165, 1.54) is 5.56 Å². The summed E-state index contributed by atoms with van der Waals surface area (Å²) in [6, 6.07) is 16.0. The number of ether oxygens (including phenoxy) is 2. The van der Waals surface area contributed by atoms with Crippen molar-refractivity contribution in [2.75, 3.05) is 19.5 Å². The van der Waals surface area contributed by atoms with E-state index in [0.717, 1.165) is 40.3 Å². The molecule has 0 unspecified atom stereocenters. The maximum atomic E-state index is 5.77. The summed E-state index contributed by atoms with van der Waals surface area (Å²) in [6.07, 6.45) is 0. The predicted molar refractivity (Wildman–Crippen MR) is 105 cm³/mol. The van der Waals surface area contributed by atoms with Gasteiger partial charge in [-0.15, -0.1) is 10.2 Å². The second kappa shape index (κ2) is 8.76. The van der Waals surface area contributed by atoms with Gasteiger partial charge in [0.2, 0.25) is 0 Å². The molecule has 0 aliphatic carbocycles. The Balaban J connectivity index is 1.58. The van der Waals surface area contributed by atoms with Crippen LogP contribution in [-0.4, -0.2) is 34.2 Å². The second-order valence-corrected chi connectivity index (χ2v) is 6.85. The molecule has 0 spiro atoms. The summed E-state index contributed by atoms with van der Waals surface area (Å²) in [7, 11) is 1.65. The van der Waals surface area contributed by atoms with Gasteiger partial charge in [0.05, 0.1) is 13.7 Å². The molecule has 0 fully saturated rings. The molecule has 0 amide bonds. The van der Waals surface area contributed by atoms with Gasteiger partial charge in [0.15, 0.2) is 11.0 Å². The van der Waals surface area contributed by atoms with Crippen molar-refractivity contribution >= 4 is 11.8 Å². The zero-order valence-electron chi connectivity index (χ0n) is 15.3. The van der Waals surface area contributed by atoms with Crippen molar-refractivity contribution in [2.24, 2.45) is 0 Å². The highest BCUT2D eigenvalue weighted by atomic mass is 32.2. The van der Waals surface area contributed by atoms with E-state index in [4.69, 9.17) is 9.47 Å². The summed E-state index contributed by atoms with van der Waals surface area (Å²) in [5.74, 6) is 3.37. The Labute approximate surface area is 158 Å². The summed E-state index contributed by atoms with van der Waals surface area (Å²) in [6.45, 7) is 5.63. The Morgan fingerprint density at radius 1 is 0.962 bits per heavy atom. The van der Waals surface area contributed by atoms with Crippen LogP contribution in [0.3, 0.4) is 0 Å². The molecule has 0 atom stereocenters. The Bertz CT molecular complexity index is 829. The second-order valence-electron chi connectivity index (χ2n) is 5.79. The number of aromatic nitrogens is 3. The molecule has 1 aromatic heterocycles. The van der Waals surface area contributed by atoms with Crippen LogP contribution in [0.15, 0.2) is 53.7 Å². The van der Waals surface area contributed by atoms with Crippen LogP contribution in [0.1, 0.15) is 12.5 Å². The molecule has 3 rings (SSSR count). The van der Waals surface area contributed by atoms with E-state index in [0.29, 0.717) is 6.61 Å². The van der Waals surface area contributed by atoms with Crippen LogP contribution in [0.2, 0.25) is 0 Å². The monoisotopic (exact) mass is 369 g/mol. The first-order valence-corrected chi connectivity index (χ1v) is 9.59. The van der Waals surface area contributed by atoms with E-state index >= 15 is 0 Å². The van der Waals surface area contributed by atoms with Crippen LogP contribution in [-0.2, 0) is 6.54 Å². The third-order valence-corrected chi connectivity index (χ3v) is 4.92. The summed E-state index contributed by atoms with van der Waals surface area (Å²) >= 11 is 1.66. The molecule has 0 radical (unpaired) electrons. The van der Waals surface area contributed by atoms with Gasteiger partial charge in [-0.2, -0.15) is 0 Å². The van der Waals surface area contributed by atoms with E-state index in [2.05, 4.69) is 52.9 Å². The first-order chi connectivity index (χ1) is 12.7. The molecule has 0 aliphatic heterocycles. The maximum Gasteiger partial charge on any atom is 0.191 e. The van der Waals surface area contributed by atoms with Gasteiger partial charge in [-0.05, 0) is 38.1 Å². The van der Waals surface area contributed by atoms with Crippen molar-refractivity contribution in [3.8, 4) is 22.9 Å². The fraction of sp³-hybridized carbons (Fsp3) is 0.300. The highest BCUT2D eigenvalue weighted by molar-refractivity contribution is 7.99. The topological polar surface area (TPSA) is 49.2 Å². The van der Waals surface area contributed by atoms with Crippen LogP contribution in [0.25, 0.3) is 11.4 Å². The first-order valence-electron chi connectivity index (χ1n) is 8.61. The van der Waals surface area contributed by atoms with E-state index in [1.54, 1.807) is 18.9 Å². The standard InChI is InChI=1S/C20H23N3O2S/c1-4-23-19(16-7-5-15(2)6-8-16)21-22-20(23)26-14-13-25-18-11-9-17(24-3)10-12-18/h5-12H,4,13-14H2,1-3H3. The quantitative estimate of drug-likeness (QED) is 0.434. The van der Waals surface area contributed by atoms with Gasteiger partial charge in [-0.25, -0.2) is 0 Å². The number of hydrogen-bond acceptors (Lipinski definition) is 5. The van der Waals surface area contributed by atoms with Crippen molar-refractivity contribution in [1.82, 2.24) is 14.8 Å². The van der Waals surface area contributed by atoms with E-state index < -0.39 is 0 Å². The predicted octanol–water partition coefficient (Wildman–Crippen LogP) is 4.45. The minimum Gasteiger partial charge on any atom is -0.497 e. The van der Waals surface area contributed by atoms with Crippen LogP contribution < -0.4 is 9.47 Å². The molecule has 0 bridgehead atoms. The number of methoxy groups -OCH3 is 1. The molecule has 2 aromatic carbocycles. The lowest BCUT2D eigenvalue weighted by Crippen LogP contribution is -2.03. The van der Waals surface area contributed by atoms with Crippen molar-refractivity contribution < 1.29 is 9.47 Å². The molecule has 0 saturated carbocycles. The molecule has 5 nitrogen and oxygen atoms in total. The molecule has 3 aromatic rings. The third-order valence-electron chi connectivity index (χ3n) is 3.99. The van der Waals surface area contributed by atoms with Crippen molar-refractivity contribution in [1.29, 1.82) is 0 Å². The zero-order chi connectivity index (χ0) is 18.4. The lowest BCUT2D eigenvalue weighted by molar-refractivity contribution is 0.342. The lowest BCUT2D eigenvalue weighted by atomic mass is 10.1. The minimum atomic E-state index is 0.605. The molecule has 0 N–H and O–H groups in total. The van der Waals surface area contributed by atoms with E-state index in [1.807, 2.05) is 24.3 Å². The van der Waals surface area contributed by atoms with Crippen molar-refractivity contribution in [3.63, 3.8) is 0 Å². The Kier molecular flexibility index (Phi) is 6.17. The Hall–Kier alpha value is -2.47. The van der Waals surface area contributed by atoms with Crippen LogP contribution in [0.4, 0.5) is 0 Å². The number of rotatable bonds is 8. The van der Waals surface area contributed by atoms with Gasteiger partial charge in [-0.1, -0.05) is 41.6 Å². The van der Waals surface area contributed by atoms with Crippen LogP contribution in [0.5, 0.6) is 11.5 Å². The molecular weight excluding hydrogens is 346 g/mol. The average Bonchev–Trinajstić information content (AvgIpc) is 3.09. The van der Waals surface area contributed by atoms with Gasteiger partial charge in [0, 0.05) is 17.9 Å². The number of thioether (sulfide) groups is 1. The Morgan fingerprint density at radius 3 is 2.31 bits per heavy atom. The summed E-state index contributed by atoms with van der Waals surface area (Å²) in [4.78, 5) is 0. The van der Waals surface area contributed by atoms with Gasteiger partial charge in [-0.3, -0.25) is 0 Å². The lowest BCUT2D eigenvalue weighted by Gasteiger charge is -2.09.